The van der Waals surface area contributed by atoms with E-state index in [0.29, 0.717) is 0 Å². The number of rotatable bonds is 1. The van der Waals surface area contributed by atoms with E-state index >= 15 is 0 Å². The lowest BCUT2D eigenvalue weighted by atomic mass is 9.84. The molecule has 0 heterocycles. The van der Waals surface area contributed by atoms with Crippen molar-refractivity contribution in [2.45, 2.75) is 13.8 Å². The van der Waals surface area contributed by atoms with Gasteiger partial charge >= 0.3 is 0 Å². The number of benzene rings is 6. The number of aryl methyl sites for hydroxylation is 2. The Morgan fingerprint density at radius 2 is 0.964 bits per heavy atom. The SMILES string of the molecule is Cc1cccc(C)c1-c1ccc2cccc3c4cccc5cccc(c1c23)c54. The molecule has 6 rings (SSSR count). The highest BCUT2D eigenvalue weighted by Crippen LogP contribution is 2.45. The van der Waals surface area contributed by atoms with E-state index < -0.39 is 0 Å². The molecule has 0 unspecified atom stereocenters. The molecule has 0 aromatic heterocycles. The van der Waals surface area contributed by atoms with Crippen LogP contribution in [0.25, 0.3) is 54.2 Å². The third-order valence-electron chi connectivity index (χ3n) is 6.26. The topological polar surface area (TPSA) is 0 Å². The largest absolute Gasteiger partial charge is 0.0617 e. The van der Waals surface area contributed by atoms with Gasteiger partial charge in [-0.1, -0.05) is 84.9 Å². The molecule has 0 N–H and O–H groups in total. The highest BCUT2D eigenvalue weighted by molar-refractivity contribution is 6.35. The Labute approximate surface area is 164 Å². The molecule has 0 fully saturated rings. The van der Waals surface area contributed by atoms with Crippen LogP contribution in [0.3, 0.4) is 0 Å². The molecule has 0 aliphatic heterocycles. The van der Waals surface area contributed by atoms with Crippen molar-refractivity contribution < 1.29 is 0 Å². The normalized spacial score (nSPS) is 11.9. The van der Waals surface area contributed by atoms with Gasteiger partial charge in [0, 0.05) is 0 Å². The summed E-state index contributed by atoms with van der Waals surface area (Å²) in [6.07, 6.45) is 0. The molecule has 0 aliphatic carbocycles. The zero-order chi connectivity index (χ0) is 18.8. The van der Waals surface area contributed by atoms with E-state index in [-0.39, 0.29) is 0 Å². The molecule has 28 heavy (non-hydrogen) atoms. The van der Waals surface area contributed by atoms with Gasteiger partial charge in [-0.05, 0) is 79.2 Å². The van der Waals surface area contributed by atoms with Gasteiger partial charge in [0.2, 0.25) is 0 Å². The van der Waals surface area contributed by atoms with Gasteiger partial charge in [0.15, 0.2) is 0 Å². The fourth-order valence-corrected chi connectivity index (χ4v) is 5.10. The fraction of sp³-hybridized carbons (Fsp3) is 0.0714. The van der Waals surface area contributed by atoms with Crippen molar-refractivity contribution in [2.75, 3.05) is 0 Å². The maximum atomic E-state index is 2.32. The van der Waals surface area contributed by atoms with Crippen molar-refractivity contribution in [2.24, 2.45) is 0 Å². The zero-order valence-corrected chi connectivity index (χ0v) is 16.1. The van der Waals surface area contributed by atoms with E-state index in [0.717, 1.165) is 0 Å². The maximum Gasteiger partial charge on any atom is -0.00139 e. The molecule has 0 saturated carbocycles. The molecule has 0 radical (unpaired) electrons. The summed E-state index contributed by atoms with van der Waals surface area (Å²) in [4.78, 5) is 0. The summed E-state index contributed by atoms with van der Waals surface area (Å²) in [5.74, 6) is 0. The Hall–Kier alpha value is -3.38. The summed E-state index contributed by atoms with van der Waals surface area (Å²) in [6.45, 7) is 4.45. The summed E-state index contributed by atoms with van der Waals surface area (Å²) in [5.41, 5.74) is 5.38. The highest BCUT2D eigenvalue weighted by Gasteiger charge is 2.17. The van der Waals surface area contributed by atoms with E-state index in [2.05, 4.69) is 98.8 Å². The average Bonchev–Trinajstić information content (AvgIpc) is 2.72. The van der Waals surface area contributed by atoms with Crippen LogP contribution in [0.1, 0.15) is 11.1 Å². The lowest BCUT2D eigenvalue weighted by molar-refractivity contribution is 1.39. The van der Waals surface area contributed by atoms with Crippen molar-refractivity contribution in [3.8, 4) is 11.1 Å². The monoisotopic (exact) mass is 356 g/mol. The fourth-order valence-electron chi connectivity index (χ4n) is 5.10. The second-order valence-corrected chi connectivity index (χ2v) is 7.87. The van der Waals surface area contributed by atoms with Crippen molar-refractivity contribution in [1.82, 2.24) is 0 Å². The molecule has 0 bridgehead atoms. The molecule has 6 aromatic rings. The Balaban J connectivity index is 1.98. The van der Waals surface area contributed by atoms with Crippen LogP contribution in [0.15, 0.2) is 84.9 Å². The van der Waals surface area contributed by atoms with Gasteiger partial charge in [0.05, 0.1) is 0 Å². The molecular formula is C28H20. The molecule has 0 atom stereocenters. The summed E-state index contributed by atoms with van der Waals surface area (Å²) < 4.78 is 0. The standard InChI is InChI=1S/C28H20/c1-17-7-3-8-18(2)25(17)24-16-15-20-11-5-13-22-21-12-4-9-19-10-6-14-23(26(19)21)28(24)27(20)22/h3-16H,1-2H3. The van der Waals surface area contributed by atoms with E-state index in [4.69, 9.17) is 0 Å². The minimum absolute atomic E-state index is 1.31. The molecule has 0 heteroatoms. The van der Waals surface area contributed by atoms with Gasteiger partial charge in [-0.2, -0.15) is 0 Å². The maximum absolute atomic E-state index is 2.32. The first-order chi connectivity index (χ1) is 13.7. The van der Waals surface area contributed by atoms with Gasteiger partial charge in [-0.3, -0.25) is 0 Å². The van der Waals surface area contributed by atoms with Crippen LogP contribution in [0.4, 0.5) is 0 Å². The zero-order valence-electron chi connectivity index (χ0n) is 16.1. The Morgan fingerprint density at radius 3 is 1.64 bits per heavy atom. The third kappa shape index (κ3) is 1.95. The Kier molecular flexibility index (Phi) is 3.11. The van der Waals surface area contributed by atoms with Gasteiger partial charge in [-0.25, -0.2) is 0 Å². The Morgan fingerprint density at radius 1 is 0.429 bits per heavy atom. The van der Waals surface area contributed by atoms with E-state index in [9.17, 15) is 0 Å². The molecule has 0 aliphatic rings. The second-order valence-electron chi connectivity index (χ2n) is 7.87. The van der Waals surface area contributed by atoms with Gasteiger partial charge in [-0.15, -0.1) is 0 Å². The molecular weight excluding hydrogens is 336 g/mol. The van der Waals surface area contributed by atoms with E-state index in [1.807, 2.05) is 0 Å². The van der Waals surface area contributed by atoms with E-state index in [1.165, 1.54) is 65.3 Å². The van der Waals surface area contributed by atoms with Crippen LogP contribution in [-0.2, 0) is 0 Å². The van der Waals surface area contributed by atoms with Crippen molar-refractivity contribution in [3.05, 3.63) is 96.1 Å². The summed E-state index contributed by atoms with van der Waals surface area (Å²) in [6, 6.07) is 31.3. The summed E-state index contributed by atoms with van der Waals surface area (Å²) in [5, 5.41) is 10.8. The first-order valence-corrected chi connectivity index (χ1v) is 9.89. The average molecular weight is 356 g/mol. The predicted molar refractivity (Wildman–Crippen MR) is 123 cm³/mol. The smallest absolute Gasteiger partial charge is 0.00139 e. The van der Waals surface area contributed by atoms with Crippen LogP contribution in [-0.4, -0.2) is 0 Å². The van der Waals surface area contributed by atoms with Gasteiger partial charge in [0.1, 0.15) is 0 Å². The van der Waals surface area contributed by atoms with Crippen LogP contribution in [0.5, 0.6) is 0 Å². The molecule has 132 valence electrons. The molecule has 0 spiro atoms. The van der Waals surface area contributed by atoms with Gasteiger partial charge in [0.25, 0.3) is 0 Å². The third-order valence-corrected chi connectivity index (χ3v) is 6.26. The summed E-state index contributed by atoms with van der Waals surface area (Å²) >= 11 is 0. The quantitative estimate of drug-likeness (QED) is 0.207. The van der Waals surface area contributed by atoms with Crippen LogP contribution < -0.4 is 0 Å². The molecule has 0 amide bonds. The lowest BCUT2D eigenvalue weighted by Gasteiger charge is -2.19. The first-order valence-electron chi connectivity index (χ1n) is 9.89. The van der Waals surface area contributed by atoms with Crippen molar-refractivity contribution >= 4 is 43.1 Å². The van der Waals surface area contributed by atoms with Crippen LogP contribution in [0.2, 0.25) is 0 Å². The lowest BCUT2D eigenvalue weighted by Crippen LogP contribution is -1.93. The minimum Gasteiger partial charge on any atom is -0.0617 e. The van der Waals surface area contributed by atoms with Crippen LogP contribution >= 0.6 is 0 Å². The van der Waals surface area contributed by atoms with Crippen LogP contribution in [0, 0.1) is 13.8 Å². The number of fused-ring (bicyclic) bond motifs is 2. The predicted octanol–water partition coefficient (Wildman–Crippen LogP) is 8.02. The molecule has 0 saturated heterocycles. The molecule has 0 nitrogen and oxygen atoms in total. The van der Waals surface area contributed by atoms with Crippen molar-refractivity contribution in [1.29, 1.82) is 0 Å². The van der Waals surface area contributed by atoms with Crippen molar-refractivity contribution in [3.63, 3.8) is 0 Å². The van der Waals surface area contributed by atoms with Gasteiger partial charge < -0.3 is 0 Å². The molecule has 6 aromatic carbocycles. The minimum atomic E-state index is 1.31. The number of hydrogen-bond donors (Lipinski definition) is 0. The number of hydrogen-bond acceptors (Lipinski definition) is 0. The second kappa shape index (κ2) is 5.56. The Bertz CT molecular complexity index is 1490. The highest BCUT2D eigenvalue weighted by atomic mass is 14.2. The first kappa shape index (κ1) is 15.7. The van der Waals surface area contributed by atoms with E-state index in [1.54, 1.807) is 0 Å². The summed E-state index contributed by atoms with van der Waals surface area (Å²) in [7, 11) is 0.